The average molecular weight is 519 g/mol. The second-order valence-electron chi connectivity index (χ2n) is 3.69. The molecule has 0 bridgehead atoms. The molecule has 1 aromatic heterocycles. The van der Waals surface area contributed by atoms with Gasteiger partial charge in [-0.05, 0) is 68.7 Å². The zero-order valence-corrected chi connectivity index (χ0v) is 16.5. The first-order chi connectivity index (χ1) is 8.51. The van der Waals surface area contributed by atoms with Gasteiger partial charge in [-0.2, -0.15) is 0 Å². The largest absolute Gasteiger partial charge is 0.309 e. The van der Waals surface area contributed by atoms with Crippen molar-refractivity contribution in [2.75, 3.05) is 7.05 Å². The molecule has 1 unspecified atom stereocenters. The predicted molar refractivity (Wildman–Crippen MR) is 92.5 cm³/mol. The van der Waals surface area contributed by atoms with Gasteiger partial charge in [0.2, 0.25) is 0 Å². The molecule has 2 rings (SSSR count). The molecule has 0 radical (unpaired) electrons. The van der Waals surface area contributed by atoms with Gasteiger partial charge in [-0.15, -0.1) is 11.3 Å². The Balaban J connectivity index is 2.44. The van der Waals surface area contributed by atoms with Crippen molar-refractivity contribution in [1.29, 1.82) is 0 Å². The summed E-state index contributed by atoms with van der Waals surface area (Å²) >= 11 is 15.9. The summed E-state index contributed by atoms with van der Waals surface area (Å²) in [6.45, 7) is 0. The molecule has 18 heavy (non-hydrogen) atoms. The van der Waals surface area contributed by atoms with Crippen molar-refractivity contribution >= 4 is 75.1 Å². The van der Waals surface area contributed by atoms with Crippen LogP contribution in [-0.2, 0) is 0 Å². The van der Waals surface area contributed by atoms with Gasteiger partial charge in [0.15, 0.2) is 0 Å². The maximum absolute atomic E-state index is 3.54. The van der Waals surface area contributed by atoms with Gasteiger partial charge in [-0.25, -0.2) is 0 Å². The minimum Gasteiger partial charge on any atom is -0.309 e. The van der Waals surface area contributed by atoms with Crippen LogP contribution in [0.2, 0.25) is 0 Å². The van der Waals surface area contributed by atoms with Gasteiger partial charge in [0.1, 0.15) is 0 Å². The normalized spacial score (nSPS) is 12.7. The van der Waals surface area contributed by atoms with E-state index in [1.165, 1.54) is 10.4 Å². The summed E-state index contributed by atoms with van der Waals surface area (Å²) in [5.41, 5.74) is 1.22. The molecule has 0 aliphatic heterocycles. The Morgan fingerprint density at radius 2 is 1.61 bits per heavy atom. The smallest absolute Gasteiger partial charge is 0.0843 e. The van der Waals surface area contributed by atoms with Crippen molar-refractivity contribution in [1.82, 2.24) is 5.32 Å². The molecule has 2 aromatic rings. The summed E-state index contributed by atoms with van der Waals surface area (Å²) in [5.74, 6) is 0. The van der Waals surface area contributed by atoms with Crippen LogP contribution in [0.15, 0.2) is 41.5 Å². The minimum atomic E-state index is 0.186. The second kappa shape index (κ2) is 6.50. The Morgan fingerprint density at radius 1 is 1.00 bits per heavy atom. The van der Waals surface area contributed by atoms with Crippen LogP contribution in [-0.4, -0.2) is 7.05 Å². The number of hydrogen-bond donors (Lipinski definition) is 1. The fourth-order valence-corrected chi connectivity index (χ4v) is 5.28. The predicted octanol–water partition coefficient (Wildman–Crippen LogP) is 6.11. The van der Waals surface area contributed by atoms with E-state index in [-0.39, 0.29) is 6.04 Å². The molecular formula is C12H9Br4NS. The van der Waals surface area contributed by atoms with E-state index < -0.39 is 0 Å². The Kier molecular flexibility index (Phi) is 5.49. The Hall–Kier alpha value is 0.800. The molecule has 96 valence electrons. The monoisotopic (exact) mass is 515 g/mol. The SMILES string of the molecule is CNC(c1cc(Br)cc(Br)c1)c1cc(Br)c(Br)s1. The second-order valence-corrected chi connectivity index (χ2v) is 8.78. The first-order valence-corrected chi connectivity index (χ1v) is 9.08. The van der Waals surface area contributed by atoms with Crippen molar-refractivity contribution < 1.29 is 0 Å². The highest BCUT2D eigenvalue weighted by molar-refractivity contribution is 9.13. The van der Waals surface area contributed by atoms with Crippen LogP contribution in [0.1, 0.15) is 16.5 Å². The lowest BCUT2D eigenvalue weighted by molar-refractivity contribution is 0.703. The van der Waals surface area contributed by atoms with Gasteiger partial charge in [0.05, 0.1) is 9.83 Å². The van der Waals surface area contributed by atoms with E-state index in [0.717, 1.165) is 17.2 Å². The molecule has 1 heterocycles. The average Bonchev–Trinajstić information content (AvgIpc) is 2.58. The minimum absolute atomic E-state index is 0.186. The molecule has 0 amide bonds. The Morgan fingerprint density at radius 3 is 2.06 bits per heavy atom. The van der Waals surface area contributed by atoms with E-state index in [1.807, 2.05) is 13.1 Å². The number of rotatable bonds is 3. The van der Waals surface area contributed by atoms with Crippen LogP contribution in [0.3, 0.4) is 0 Å². The van der Waals surface area contributed by atoms with Gasteiger partial charge < -0.3 is 5.32 Å². The zero-order valence-electron chi connectivity index (χ0n) is 9.31. The van der Waals surface area contributed by atoms with Crippen LogP contribution in [0.4, 0.5) is 0 Å². The van der Waals surface area contributed by atoms with E-state index in [1.54, 1.807) is 11.3 Å². The third kappa shape index (κ3) is 3.46. The number of nitrogens with one attached hydrogen (secondary N) is 1. The Bertz CT molecular complexity index is 527. The zero-order chi connectivity index (χ0) is 13.3. The fourth-order valence-electron chi connectivity index (χ4n) is 1.72. The van der Waals surface area contributed by atoms with Crippen LogP contribution in [0.5, 0.6) is 0 Å². The van der Waals surface area contributed by atoms with Gasteiger partial charge in [0, 0.05) is 18.3 Å². The van der Waals surface area contributed by atoms with Gasteiger partial charge in [-0.3, -0.25) is 0 Å². The third-order valence-electron chi connectivity index (χ3n) is 2.46. The number of benzene rings is 1. The van der Waals surface area contributed by atoms with Crippen LogP contribution in [0, 0.1) is 0 Å². The molecule has 0 fully saturated rings. The molecule has 1 nitrogen and oxygen atoms in total. The van der Waals surface area contributed by atoms with Crippen molar-refractivity contribution in [2.24, 2.45) is 0 Å². The third-order valence-corrected chi connectivity index (χ3v) is 6.69. The van der Waals surface area contributed by atoms with Crippen molar-refractivity contribution in [3.63, 3.8) is 0 Å². The first-order valence-electron chi connectivity index (χ1n) is 5.09. The topological polar surface area (TPSA) is 12.0 Å². The van der Waals surface area contributed by atoms with E-state index in [4.69, 9.17) is 0 Å². The molecule has 6 heteroatoms. The van der Waals surface area contributed by atoms with Gasteiger partial charge in [0.25, 0.3) is 0 Å². The van der Waals surface area contributed by atoms with Crippen LogP contribution in [0.25, 0.3) is 0 Å². The lowest BCUT2D eigenvalue weighted by atomic mass is 10.1. The lowest BCUT2D eigenvalue weighted by Gasteiger charge is -2.15. The standard InChI is InChI=1S/C12H9Br4NS/c1-17-11(10-5-9(15)12(16)18-10)6-2-7(13)4-8(14)3-6/h2-5,11,17H,1H3. The summed E-state index contributed by atoms with van der Waals surface area (Å²) in [5, 5.41) is 3.36. The molecule has 0 aliphatic carbocycles. The molecular weight excluding hydrogens is 510 g/mol. The quantitative estimate of drug-likeness (QED) is 0.517. The highest BCUT2D eigenvalue weighted by Gasteiger charge is 2.17. The van der Waals surface area contributed by atoms with Crippen molar-refractivity contribution in [3.05, 3.63) is 51.9 Å². The molecule has 0 spiro atoms. The maximum atomic E-state index is 3.54. The molecule has 0 saturated carbocycles. The maximum Gasteiger partial charge on any atom is 0.0843 e. The summed E-state index contributed by atoms with van der Waals surface area (Å²) in [6, 6.07) is 8.63. The summed E-state index contributed by atoms with van der Waals surface area (Å²) < 4.78 is 4.35. The number of hydrogen-bond acceptors (Lipinski definition) is 2. The first kappa shape index (κ1) is 15.2. The fraction of sp³-hybridized carbons (Fsp3) is 0.167. The summed E-state index contributed by atoms with van der Waals surface area (Å²) in [7, 11) is 1.97. The Labute approximate surface area is 144 Å². The van der Waals surface area contributed by atoms with E-state index in [9.17, 15) is 0 Å². The van der Waals surface area contributed by atoms with Crippen molar-refractivity contribution in [3.8, 4) is 0 Å². The van der Waals surface area contributed by atoms with E-state index >= 15 is 0 Å². The van der Waals surface area contributed by atoms with E-state index in [2.05, 4.69) is 87.2 Å². The molecule has 1 N–H and O–H groups in total. The highest BCUT2D eigenvalue weighted by Crippen LogP contribution is 2.38. The molecule has 0 aliphatic rings. The van der Waals surface area contributed by atoms with Gasteiger partial charge in [-0.1, -0.05) is 31.9 Å². The number of halogens is 4. The van der Waals surface area contributed by atoms with E-state index in [0.29, 0.717) is 0 Å². The number of thiophene rings is 1. The van der Waals surface area contributed by atoms with Crippen LogP contribution < -0.4 is 5.32 Å². The summed E-state index contributed by atoms with van der Waals surface area (Å²) in [4.78, 5) is 1.27. The molecule has 1 aromatic carbocycles. The lowest BCUT2D eigenvalue weighted by Crippen LogP contribution is -2.16. The molecule has 1 atom stereocenters. The summed E-state index contributed by atoms with van der Waals surface area (Å²) in [6.07, 6.45) is 0. The molecule has 0 saturated heterocycles. The van der Waals surface area contributed by atoms with Crippen LogP contribution >= 0.6 is 75.1 Å². The highest BCUT2D eigenvalue weighted by atomic mass is 79.9. The van der Waals surface area contributed by atoms with Crippen molar-refractivity contribution in [2.45, 2.75) is 6.04 Å². The van der Waals surface area contributed by atoms with Gasteiger partial charge >= 0.3 is 0 Å².